The van der Waals surface area contributed by atoms with Gasteiger partial charge in [-0.25, -0.2) is 4.79 Å². The highest BCUT2D eigenvalue weighted by molar-refractivity contribution is 7.99. The number of nitrogens with zero attached hydrogens (tertiary/aromatic N) is 2. The van der Waals surface area contributed by atoms with Crippen molar-refractivity contribution in [2.24, 2.45) is 14.1 Å². The van der Waals surface area contributed by atoms with Crippen LogP contribution in [0.15, 0.2) is 69.2 Å². The Morgan fingerprint density at radius 2 is 1.48 bits per heavy atom. The van der Waals surface area contributed by atoms with E-state index in [-0.39, 0.29) is 11.6 Å². The van der Waals surface area contributed by atoms with E-state index in [0.717, 1.165) is 26.4 Å². The van der Waals surface area contributed by atoms with E-state index in [1.54, 1.807) is 41.4 Å². The first-order valence-corrected chi connectivity index (χ1v) is 11.1. The number of amides is 1. The third-order valence-corrected chi connectivity index (χ3v) is 6.59. The number of ether oxygens (including phenoxy) is 2. The van der Waals surface area contributed by atoms with Gasteiger partial charge in [-0.2, -0.15) is 0 Å². The molecule has 0 aliphatic rings. The largest absolute Gasteiger partial charge is 0.496 e. The van der Waals surface area contributed by atoms with Crippen molar-refractivity contribution in [2.45, 2.75) is 16.7 Å². The molecule has 0 aliphatic carbocycles. The third kappa shape index (κ3) is 4.21. The van der Waals surface area contributed by atoms with Crippen LogP contribution in [0.4, 0.5) is 5.69 Å². The van der Waals surface area contributed by atoms with Crippen molar-refractivity contribution in [1.29, 1.82) is 0 Å². The zero-order valence-electron chi connectivity index (χ0n) is 19.1. The smallest absolute Gasteiger partial charge is 0.328 e. The van der Waals surface area contributed by atoms with Crippen LogP contribution in [0.1, 0.15) is 15.9 Å². The van der Waals surface area contributed by atoms with Crippen molar-refractivity contribution in [3.63, 3.8) is 0 Å². The summed E-state index contributed by atoms with van der Waals surface area (Å²) in [5, 5.41) is 3.01. The number of carbonyl (C=O) groups excluding carboxylic acids is 1. The number of aromatic nitrogens is 2. The van der Waals surface area contributed by atoms with E-state index in [0.29, 0.717) is 22.7 Å². The summed E-state index contributed by atoms with van der Waals surface area (Å²) >= 11 is 1.52. The molecule has 0 fully saturated rings. The van der Waals surface area contributed by atoms with E-state index in [4.69, 9.17) is 9.47 Å². The average Bonchev–Trinajstić information content (AvgIpc) is 3.03. The van der Waals surface area contributed by atoms with E-state index in [2.05, 4.69) is 5.32 Å². The van der Waals surface area contributed by atoms with E-state index < -0.39 is 0 Å². The second-order valence-electron chi connectivity index (χ2n) is 7.64. The number of hydrogen-bond acceptors (Lipinski definition) is 5. The van der Waals surface area contributed by atoms with Crippen LogP contribution in [-0.4, -0.2) is 29.3 Å². The quantitative estimate of drug-likeness (QED) is 0.452. The number of fused-ring (bicyclic) bond motifs is 1. The van der Waals surface area contributed by atoms with Crippen LogP contribution >= 0.6 is 11.8 Å². The molecule has 0 unspecified atom stereocenters. The highest BCUT2D eigenvalue weighted by atomic mass is 32.2. The molecule has 1 aromatic heterocycles. The molecule has 0 bridgehead atoms. The van der Waals surface area contributed by atoms with E-state index >= 15 is 0 Å². The number of imidazole rings is 1. The lowest BCUT2D eigenvalue weighted by Gasteiger charge is -2.15. The normalized spacial score (nSPS) is 10.9. The zero-order chi connectivity index (χ0) is 23.7. The van der Waals surface area contributed by atoms with Gasteiger partial charge in [0.05, 0.1) is 30.9 Å². The molecule has 1 amide bonds. The molecule has 0 aliphatic heterocycles. The Kier molecular flexibility index (Phi) is 6.20. The maximum absolute atomic E-state index is 13.4. The van der Waals surface area contributed by atoms with E-state index in [1.807, 2.05) is 43.3 Å². The van der Waals surface area contributed by atoms with E-state index in [1.165, 1.54) is 26.0 Å². The number of nitrogens with one attached hydrogen (secondary N) is 1. The van der Waals surface area contributed by atoms with E-state index in [9.17, 15) is 9.59 Å². The van der Waals surface area contributed by atoms with Gasteiger partial charge in [-0.3, -0.25) is 13.9 Å². The summed E-state index contributed by atoms with van der Waals surface area (Å²) in [5.41, 5.74) is 3.43. The van der Waals surface area contributed by atoms with Crippen LogP contribution in [0.3, 0.4) is 0 Å². The summed E-state index contributed by atoms with van der Waals surface area (Å²) in [5.74, 6) is 0.455. The number of aryl methyl sites for hydroxylation is 3. The Morgan fingerprint density at radius 3 is 2.06 bits per heavy atom. The number of carbonyl (C=O) groups is 1. The summed E-state index contributed by atoms with van der Waals surface area (Å²) in [4.78, 5) is 27.7. The molecule has 4 rings (SSSR count). The fourth-order valence-electron chi connectivity index (χ4n) is 3.70. The van der Waals surface area contributed by atoms with Crippen molar-refractivity contribution >= 4 is 34.4 Å². The maximum atomic E-state index is 13.4. The van der Waals surface area contributed by atoms with Crippen molar-refractivity contribution in [3.8, 4) is 11.5 Å². The predicted octanol–water partition coefficient (Wildman–Crippen LogP) is 4.61. The topological polar surface area (TPSA) is 74.5 Å². The van der Waals surface area contributed by atoms with Crippen molar-refractivity contribution in [3.05, 3.63) is 76.2 Å². The minimum absolute atomic E-state index is 0.133. The first-order valence-electron chi connectivity index (χ1n) is 10.3. The molecule has 0 radical (unpaired) electrons. The summed E-state index contributed by atoms with van der Waals surface area (Å²) in [7, 11) is 6.47. The van der Waals surface area contributed by atoms with Crippen molar-refractivity contribution < 1.29 is 14.3 Å². The molecule has 33 heavy (non-hydrogen) atoms. The van der Waals surface area contributed by atoms with Crippen LogP contribution in [0, 0.1) is 6.92 Å². The molecule has 4 aromatic rings. The molecule has 0 spiro atoms. The van der Waals surface area contributed by atoms with Gasteiger partial charge >= 0.3 is 5.69 Å². The summed E-state index contributed by atoms with van der Waals surface area (Å²) in [6.07, 6.45) is 0. The van der Waals surface area contributed by atoms with Gasteiger partial charge in [0.2, 0.25) is 0 Å². The van der Waals surface area contributed by atoms with Crippen molar-refractivity contribution in [1.82, 2.24) is 9.13 Å². The fraction of sp³-hybridized carbons (Fsp3) is 0.200. The van der Waals surface area contributed by atoms with Crippen LogP contribution in [0.25, 0.3) is 11.0 Å². The second-order valence-corrected chi connectivity index (χ2v) is 8.76. The summed E-state index contributed by atoms with van der Waals surface area (Å²) < 4.78 is 14.0. The molecular formula is C25H25N3O4S. The van der Waals surface area contributed by atoms with Crippen LogP contribution in [0.2, 0.25) is 0 Å². The molecular weight excluding hydrogens is 438 g/mol. The molecule has 1 heterocycles. The van der Waals surface area contributed by atoms with Gasteiger partial charge < -0.3 is 14.8 Å². The lowest BCUT2D eigenvalue weighted by molar-refractivity contribution is 0.102. The minimum Gasteiger partial charge on any atom is -0.496 e. The summed E-state index contributed by atoms with van der Waals surface area (Å²) in [6, 6.07) is 17.1. The lowest BCUT2D eigenvalue weighted by atomic mass is 10.1. The van der Waals surface area contributed by atoms with Crippen LogP contribution in [-0.2, 0) is 14.1 Å². The SMILES string of the molecule is COc1cccc(OC)c1C(=O)Nc1cc2c(cc1Sc1ccc(C)cc1)n(C)c(=O)n2C. The number of methoxy groups -OCH3 is 2. The Balaban J connectivity index is 1.83. The lowest BCUT2D eigenvalue weighted by Crippen LogP contribution is -2.19. The number of anilines is 1. The number of rotatable bonds is 6. The first-order chi connectivity index (χ1) is 15.8. The molecule has 0 saturated heterocycles. The summed E-state index contributed by atoms with van der Waals surface area (Å²) in [6.45, 7) is 2.03. The third-order valence-electron chi connectivity index (χ3n) is 5.53. The van der Waals surface area contributed by atoms with Gasteiger partial charge in [-0.1, -0.05) is 35.5 Å². The Morgan fingerprint density at radius 1 is 0.909 bits per heavy atom. The van der Waals surface area contributed by atoms with Gasteiger partial charge in [-0.15, -0.1) is 0 Å². The van der Waals surface area contributed by atoms with Crippen molar-refractivity contribution in [2.75, 3.05) is 19.5 Å². The second kappa shape index (κ2) is 9.07. The highest BCUT2D eigenvalue weighted by Crippen LogP contribution is 2.37. The average molecular weight is 464 g/mol. The molecule has 1 N–H and O–H groups in total. The van der Waals surface area contributed by atoms with Crippen LogP contribution < -0.4 is 20.5 Å². The standard InChI is InChI=1S/C25H25N3O4S/c1-15-9-11-16(12-10-15)33-22-14-19-18(27(2)25(30)28(19)3)13-17(22)26-24(29)23-20(31-4)7-6-8-21(23)32-5/h6-14H,1-5H3,(H,26,29). The molecule has 0 saturated carbocycles. The Labute approximate surface area is 195 Å². The van der Waals surface area contributed by atoms with Gasteiger partial charge in [0.1, 0.15) is 17.1 Å². The molecule has 170 valence electrons. The highest BCUT2D eigenvalue weighted by Gasteiger charge is 2.21. The molecule has 3 aromatic carbocycles. The van der Waals surface area contributed by atoms with Gasteiger partial charge in [0.15, 0.2) is 0 Å². The first kappa shape index (κ1) is 22.5. The Bertz CT molecular complexity index is 1380. The number of hydrogen-bond donors (Lipinski definition) is 1. The molecule has 0 atom stereocenters. The van der Waals surface area contributed by atoms with Gasteiger partial charge in [0.25, 0.3) is 5.91 Å². The fourth-order valence-corrected chi connectivity index (χ4v) is 4.62. The zero-order valence-corrected chi connectivity index (χ0v) is 19.9. The van der Waals surface area contributed by atoms with Gasteiger partial charge in [-0.05, 0) is 43.3 Å². The predicted molar refractivity (Wildman–Crippen MR) is 131 cm³/mol. The monoisotopic (exact) mass is 463 g/mol. The van der Waals surface area contributed by atoms with Crippen LogP contribution in [0.5, 0.6) is 11.5 Å². The molecule has 7 nitrogen and oxygen atoms in total. The minimum atomic E-state index is -0.365. The maximum Gasteiger partial charge on any atom is 0.328 e. The van der Waals surface area contributed by atoms with Gasteiger partial charge in [0, 0.05) is 23.9 Å². The molecule has 8 heteroatoms. The Hall–Kier alpha value is -3.65. The number of benzene rings is 3.